The first-order valence-corrected chi connectivity index (χ1v) is 6.97. The molecule has 0 amide bonds. The fraction of sp³-hybridized carbons (Fsp3) is 0.600. The molecule has 1 saturated heterocycles. The van der Waals surface area contributed by atoms with Gasteiger partial charge in [0.2, 0.25) is 0 Å². The second-order valence-electron chi connectivity index (χ2n) is 5.32. The van der Waals surface area contributed by atoms with Gasteiger partial charge in [0.1, 0.15) is 5.75 Å². The van der Waals surface area contributed by atoms with E-state index in [1.54, 1.807) is 7.11 Å². The van der Waals surface area contributed by atoms with E-state index < -0.39 is 0 Å². The van der Waals surface area contributed by atoms with Gasteiger partial charge in [0.15, 0.2) is 0 Å². The predicted octanol–water partition coefficient (Wildman–Crippen LogP) is 2.30. The number of benzene rings is 1. The van der Waals surface area contributed by atoms with Crippen molar-refractivity contribution in [3.8, 4) is 5.75 Å². The highest BCUT2D eigenvalue weighted by atomic mass is 35.5. The van der Waals surface area contributed by atoms with E-state index in [-0.39, 0.29) is 24.8 Å². The van der Waals surface area contributed by atoms with E-state index in [1.165, 1.54) is 43.5 Å². The lowest BCUT2D eigenvalue weighted by Crippen LogP contribution is -2.50. The summed E-state index contributed by atoms with van der Waals surface area (Å²) in [4.78, 5) is 2.66. The van der Waals surface area contributed by atoms with Gasteiger partial charge in [0, 0.05) is 32.2 Å². The molecule has 0 saturated carbocycles. The summed E-state index contributed by atoms with van der Waals surface area (Å²) in [5.74, 6) is 0.995. The third-order valence-electron chi connectivity index (χ3n) is 4.28. The molecule has 1 aliphatic carbocycles. The number of hydrogen-bond donors (Lipinski definition) is 1. The summed E-state index contributed by atoms with van der Waals surface area (Å²) < 4.78 is 5.30. The topological polar surface area (TPSA) is 24.5 Å². The van der Waals surface area contributed by atoms with E-state index in [1.807, 2.05) is 0 Å². The van der Waals surface area contributed by atoms with Gasteiger partial charge in [-0.05, 0) is 42.5 Å². The Hall–Kier alpha value is -0.480. The average Bonchev–Trinajstić information content (AvgIpc) is 2.47. The SMILES string of the molecule is COc1ccc2c(c1)CCC(N1CCNCC1)C2.Cl.Cl. The number of halogens is 2. The van der Waals surface area contributed by atoms with Crippen LogP contribution in [0.1, 0.15) is 17.5 Å². The summed E-state index contributed by atoms with van der Waals surface area (Å²) in [6.07, 6.45) is 3.70. The average molecular weight is 319 g/mol. The zero-order chi connectivity index (χ0) is 12.4. The van der Waals surface area contributed by atoms with E-state index >= 15 is 0 Å². The van der Waals surface area contributed by atoms with Crippen LogP contribution in [0.2, 0.25) is 0 Å². The van der Waals surface area contributed by atoms with Crippen LogP contribution in [0.25, 0.3) is 0 Å². The number of piperazine rings is 1. The van der Waals surface area contributed by atoms with E-state index in [0.717, 1.165) is 24.9 Å². The van der Waals surface area contributed by atoms with Crippen LogP contribution < -0.4 is 10.1 Å². The zero-order valence-corrected chi connectivity index (χ0v) is 13.6. The molecule has 5 heteroatoms. The summed E-state index contributed by atoms with van der Waals surface area (Å²) in [5.41, 5.74) is 3.01. The Morgan fingerprint density at radius 3 is 2.60 bits per heavy atom. The number of methoxy groups -OCH3 is 1. The van der Waals surface area contributed by atoms with Crippen molar-refractivity contribution < 1.29 is 4.74 Å². The Morgan fingerprint density at radius 2 is 1.90 bits per heavy atom. The fourth-order valence-corrected chi connectivity index (χ4v) is 3.20. The highest BCUT2D eigenvalue weighted by molar-refractivity contribution is 5.85. The predicted molar refractivity (Wildman–Crippen MR) is 87.7 cm³/mol. The van der Waals surface area contributed by atoms with Crippen LogP contribution >= 0.6 is 24.8 Å². The Labute approximate surface area is 133 Å². The van der Waals surface area contributed by atoms with Crippen LogP contribution in [-0.4, -0.2) is 44.2 Å². The van der Waals surface area contributed by atoms with Crippen molar-refractivity contribution in [3.63, 3.8) is 0 Å². The summed E-state index contributed by atoms with van der Waals surface area (Å²) >= 11 is 0. The number of rotatable bonds is 2. The Kier molecular flexibility index (Phi) is 7.10. The van der Waals surface area contributed by atoms with Gasteiger partial charge in [0.05, 0.1) is 7.11 Å². The van der Waals surface area contributed by atoms with E-state index in [9.17, 15) is 0 Å². The van der Waals surface area contributed by atoms with Gasteiger partial charge in [0.25, 0.3) is 0 Å². The first-order valence-electron chi connectivity index (χ1n) is 6.97. The van der Waals surface area contributed by atoms with Crippen LogP contribution in [-0.2, 0) is 12.8 Å². The molecule has 1 aliphatic heterocycles. The van der Waals surface area contributed by atoms with E-state index in [0.29, 0.717) is 0 Å². The number of ether oxygens (including phenoxy) is 1. The molecule has 3 nitrogen and oxygen atoms in total. The molecule has 0 bridgehead atoms. The lowest BCUT2D eigenvalue weighted by molar-refractivity contribution is 0.159. The molecule has 114 valence electrons. The van der Waals surface area contributed by atoms with E-state index in [4.69, 9.17) is 4.74 Å². The van der Waals surface area contributed by atoms with Gasteiger partial charge in [-0.2, -0.15) is 0 Å². The molecular weight excluding hydrogens is 295 g/mol. The number of hydrogen-bond acceptors (Lipinski definition) is 3. The first kappa shape index (κ1) is 17.6. The molecule has 0 spiro atoms. The third kappa shape index (κ3) is 3.79. The molecule has 0 aromatic heterocycles. The zero-order valence-electron chi connectivity index (χ0n) is 11.9. The van der Waals surface area contributed by atoms with Crippen LogP contribution in [0.4, 0.5) is 0 Å². The molecule has 1 unspecified atom stereocenters. The van der Waals surface area contributed by atoms with Gasteiger partial charge < -0.3 is 10.1 Å². The minimum Gasteiger partial charge on any atom is -0.497 e. The molecule has 1 aromatic carbocycles. The smallest absolute Gasteiger partial charge is 0.119 e. The van der Waals surface area contributed by atoms with Gasteiger partial charge in [-0.3, -0.25) is 4.90 Å². The molecular formula is C15H24Cl2N2O. The standard InChI is InChI=1S/C15H22N2O.2ClH/c1-18-15-5-3-12-10-14(4-2-13(12)11-15)17-8-6-16-7-9-17;;/h3,5,11,14,16H,2,4,6-10H2,1H3;2*1H. The van der Waals surface area contributed by atoms with Crippen molar-refractivity contribution in [2.75, 3.05) is 33.3 Å². The van der Waals surface area contributed by atoms with Crippen molar-refractivity contribution in [1.82, 2.24) is 10.2 Å². The molecule has 1 aromatic rings. The maximum Gasteiger partial charge on any atom is 0.119 e. The van der Waals surface area contributed by atoms with Gasteiger partial charge in [-0.15, -0.1) is 24.8 Å². The van der Waals surface area contributed by atoms with Crippen molar-refractivity contribution in [1.29, 1.82) is 0 Å². The van der Waals surface area contributed by atoms with Gasteiger partial charge >= 0.3 is 0 Å². The van der Waals surface area contributed by atoms with Crippen LogP contribution in [0.15, 0.2) is 18.2 Å². The molecule has 1 fully saturated rings. The minimum atomic E-state index is 0. The third-order valence-corrected chi connectivity index (χ3v) is 4.28. The summed E-state index contributed by atoms with van der Waals surface area (Å²) in [6.45, 7) is 4.70. The van der Waals surface area contributed by atoms with Crippen LogP contribution in [0.5, 0.6) is 5.75 Å². The Morgan fingerprint density at radius 1 is 1.15 bits per heavy atom. The maximum atomic E-state index is 5.30. The van der Waals surface area contributed by atoms with Crippen LogP contribution in [0.3, 0.4) is 0 Å². The summed E-state index contributed by atoms with van der Waals surface area (Å²) in [7, 11) is 1.74. The number of nitrogens with zero attached hydrogens (tertiary/aromatic N) is 1. The molecule has 1 heterocycles. The monoisotopic (exact) mass is 318 g/mol. The largest absolute Gasteiger partial charge is 0.497 e. The Balaban J connectivity index is 0.000001000. The lowest BCUT2D eigenvalue weighted by Gasteiger charge is -2.37. The summed E-state index contributed by atoms with van der Waals surface area (Å²) in [5, 5.41) is 3.43. The van der Waals surface area contributed by atoms with Crippen molar-refractivity contribution in [2.24, 2.45) is 0 Å². The van der Waals surface area contributed by atoms with Crippen molar-refractivity contribution in [3.05, 3.63) is 29.3 Å². The normalized spacial score (nSPS) is 22.1. The molecule has 2 aliphatic rings. The Bertz CT molecular complexity index is 422. The van der Waals surface area contributed by atoms with Crippen LogP contribution in [0, 0.1) is 0 Å². The first-order chi connectivity index (χ1) is 8.86. The van der Waals surface area contributed by atoms with Crippen molar-refractivity contribution >= 4 is 24.8 Å². The molecule has 1 atom stereocenters. The summed E-state index contributed by atoms with van der Waals surface area (Å²) in [6, 6.07) is 7.30. The highest BCUT2D eigenvalue weighted by Gasteiger charge is 2.25. The number of aryl methyl sites for hydroxylation is 1. The van der Waals surface area contributed by atoms with E-state index in [2.05, 4.69) is 28.4 Å². The minimum absolute atomic E-state index is 0. The molecule has 3 rings (SSSR count). The molecule has 1 N–H and O–H groups in total. The molecule has 20 heavy (non-hydrogen) atoms. The fourth-order valence-electron chi connectivity index (χ4n) is 3.20. The lowest BCUT2D eigenvalue weighted by atomic mass is 9.87. The number of fused-ring (bicyclic) bond motifs is 1. The molecule has 0 radical (unpaired) electrons. The number of nitrogens with one attached hydrogen (secondary N) is 1. The van der Waals surface area contributed by atoms with Gasteiger partial charge in [-0.1, -0.05) is 6.07 Å². The van der Waals surface area contributed by atoms with Gasteiger partial charge in [-0.25, -0.2) is 0 Å². The quantitative estimate of drug-likeness (QED) is 0.905. The second-order valence-corrected chi connectivity index (χ2v) is 5.32. The second kappa shape index (κ2) is 8.08. The maximum absolute atomic E-state index is 5.30. The van der Waals surface area contributed by atoms with Crippen molar-refractivity contribution in [2.45, 2.75) is 25.3 Å². The highest BCUT2D eigenvalue weighted by Crippen LogP contribution is 2.27.